The Morgan fingerprint density at radius 2 is 1.95 bits per heavy atom. The van der Waals surface area contributed by atoms with Gasteiger partial charge in [0.1, 0.15) is 5.60 Å². The van der Waals surface area contributed by atoms with E-state index in [1.165, 1.54) is 0 Å². The molecule has 2 amide bonds. The van der Waals surface area contributed by atoms with Crippen molar-refractivity contribution in [3.05, 3.63) is 27.7 Å². The molecule has 0 spiro atoms. The summed E-state index contributed by atoms with van der Waals surface area (Å²) in [6.45, 7) is 5.21. The number of benzene rings is 1. The Hall–Kier alpha value is -1.26. The minimum absolute atomic E-state index is 0.0496. The van der Waals surface area contributed by atoms with Crippen LogP contribution in [-0.2, 0) is 16.0 Å². The van der Waals surface area contributed by atoms with Crippen molar-refractivity contribution in [2.45, 2.75) is 32.8 Å². The Morgan fingerprint density at radius 1 is 1.32 bits per heavy atom. The highest BCUT2D eigenvalue weighted by Gasteiger charge is 2.37. The first-order valence-corrected chi connectivity index (χ1v) is 6.49. The summed E-state index contributed by atoms with van der Waals surface area (Å²) in [5, 5.41) is 0.665. The largest absolute Gasteiger partial charge is 0.443 e. The second-order valence-electron chi connectivity index (χ2n) is 5.25. The van der Waals surface area contributed by atoms with Gasteiger partial charge in [0.25, 0.3) is 0 Å². The standard InChI is InChI=1S/C13H13Cl2NO3/c1-13(2,3)19-12(18)16-9-5-4-8(14)11(15)7(9)6-10(16)17/h4-5H,6H2,1-3H3. The van der Waals surface area contributed by atoms with Crippen LogP contribution in [0.5, 0.6) is 0 Å². The van der Waals surface area contributed by atoms with Gasteiger partial charge in [0, 0.05) is 5.56 Å². The van der Waals surface area contributed by atoms with Crippen molar-refractivity contribution in [2.75, 3.05) is 4.90 Å². The molecule has 0 saturated carbocycles. The third-order valence-electron chi connectivity index (χ3n) is 2.57. The van der Waals surface area contributed by atoms with Gasteiger partial charge in [0.15, 0.2) is 0 Å². The maximum Gasteiger partial charge on any atom is 0.421 e. The van der Waals surface area contributed by atoms with Crippen molar-refractivity contribution < 1.29 is 14.3 Å². The number of rotatable bonds is 0. The van der Waals surface area contributed by atoms with Gasteiger partial charge in [-0.2, -0.15) is 0 Å². The monoisotopic (exact) mass is 301 g/mol. The fraction of sp³-hybridized carbons (Fsp3) is 0.385. The van der Waals surface area contributed by atoms with Gasteiger partial charge in [-0.25, -0.2) is 9.69 Å². The van der Waals surface area contributed by atoms with Crippen LogP contribution in [0.2, 0.25) is 10.0 Å². The van der Waals surface area contributed by atoms with Gasteiger partial charge >= 0.3 is 6.09 Å². The van der Waals surface area contributed by atoms with Crippen LogP contribution >= 0.6 is 23.2 Å². The van der Waals surface area contributed by atoms with E-state index < -0.39 is 11.7 Å². The molecule has 19 heavy (non-hydrogen) atoms. The number of hydrogen-bond acceptors (Lipinski definition) is 3. The third kappa shape index (κ3) is 2.69. The van der Waals surface area contributed by atoms with Crippen LogP contribution in [0.3, 0.4) is 0 Å². The molecule has 0 aliphatic carbocycles. The molecule has 2 rings (SSSR count). The van der Waals surface area contributed by atoms with E-state index in [1.54, 1.807) is 32.9 Å². The first-order valence-electron chi connectivity index (χ1n) is 5.73. The lowest BCUT2D eigenvalue weighted by atomic mass is 10.1. The molecular weight excluding hydrogens is 289 g/mol. The number of ether oxygens (including phenoxy) is 1. The van der Waals surface area contributed by atoms with E-state index in [0.717, 1.165) is 4.90 Å². The summed E-state index contributed by atoms with van der Waals surface area (Å²) in [6.07, 6.45) is -0.650. The van der Waals surface area contributed by atoms with Crippen molar-refractivity contribution in [1.82, 2.24) is 0 Å². The lowest BCUT2D eigenvalue weighted by Crippen LogP contribution is -2.38. The van der Waals surface area contributed by atoms with Crippen LogP contribution in [0.15, 0.2) is 12.1 Å². The Balaban J connectivity index is 2.39. The van der Waals surface area contributed by atoms with Gasteiger partial charge < -0.3 is 4.74 Å². The number of hydrogen-bond donors (Lipinski definition) is 0. The summed E-state index contributed by atoms with van der Waals surface area (Å²) in [7, 11) is 0. The molecule has 0 aromatic heterocycles. The summed E-state index contributed by atoms with van der Waals surface area (Å²) >= 11 is 11.9. The lowest BCUT2D eigenvalue weighted by molar-refractivity contribution is -0.117. The van der Waals surface area contributed by atoms with Gasteiger partial charge in [-0.05, 0) is 32.9 Å². The minimum Gasteiger partial charge on any atom is -0.443 e. The van der Waals surface area contributed by atoms with Crippen LogP contribution in [-0.4, -0.2) is 17.6 Å². The number of halogens is 2. The van der Waals surface area contributed by atoms with Crippen molar-refractivity contribution in [2.24, 2.45) is 0 Å². The summed E-state index contributed by atoms with van der Waals surface area (Å²) in [4.78, 5) is 25.0. The molecule has 1 heterocycles. The van der Waals surface area contributed by atoms with Crippen molar-refractivity contribution in [3.63, 3.8) is 0 Å². The summed E-state index contributed by atoms with van der Waals surface area (Å²) < 4.78 is 5.21. The maximum absolute atomic E-state index is 12.0. The first kappa shape index (κ1) is 14.2. The third-order valence-corrected chi connectivity index (χ3v) is 3.41. The highest BCUT2D eigenvalue weighted by Crippen LogP contribution is 2.38. The molecule has 1 aliphatic rings. The van der Waals surface area contributed by atoms with E-state index in [9.17, 15) is 9.59 Å². The van der Waals surface area contributed by atoms with E-state index in [-0.39, 0.29) is 12.3 Å². The second kappa shape index (κ2) is 4.69. The molecule has 1 aromatic carbocycles. The Labute approximate surface area is 121 Å². The zero-order valence-corrected chi connectivity index (χ0v) is 12.3. The molecule has 102 valence electrons. The topological polar surface area (TPSA) is 46.6 Å². The fourth-order valence-corrected chi connectivity index (χ4v) is 2.24. The van der Waals surface area contributed by atoms with E-state index in [0.29, 0.717) is 21.3 Å². The molecule has 0 N–H and O–H groups in total. The molecule has 1 aromatic rings. The number of anilines is 1. The normalized spacial score (nSPS) is 14.6. The number of amides is 2. The number of carbonyl (C=O) groups excluding carboxylic acids is 2. The molecule has 0 radical (unpaired) electrons. The molecule has 0 saturated heterocycles. The van der Waals surface area contributed by atoms with Crippen molar-refractivity contribution in [3.8, 4) is 0 Å². The molecule has 4 nitrogen and oxygen atoms in total. The van der Waals surface area contributed by atoms with Gasteiger partial charge in [-0.1, -0.05) is 23.2 Å². The van der Waals surface area contributed by atoms with Crippen LogP contribution < -0.4 is 4.90 Å². The van der Waals surface area contributed by atoms with Crippen molar-refractivity contribution in [1.29, 1.82) is 0 Å². The predicted molar refractivity (Wildman–Crippen MR) is 73.9 cm³/mol. The van der Waals surface area contributed by atoms with Crippen LogP contribution in [0, 0.1) is 0 Å². The molecule has 0 atom stereocenters. The molecule has 6 heteroatoms. The second-order valence-corrected chi connectivity index (χ2v) is 6.03. The van der Waals surface area contributed by atoms with Crippen molar-refractivity contribution >= 4 is 40.9 Å². The average Bonchev–Trinajstić information content (AvgIpc) is 2.58. The van der Waals surface area contributed by atoms with Gasteiger partial charge in [-0.3, -0.25) is 4.79 Å². The SMILES string of the molecule is CC(C)(C)OC(=O)N1C(=O)Cc2c1ccc(Cl)c2Cl. The average molecular weight is 302 g/mol. The lowest BCUT2D eigenvalue weighted by Gasteiger charge is -2.23. The van der Waals surface area contributed by atoms with Gasteiger partial charge in [0.2, 0.25) is 5.91 Å². The van der Waals surface area contributed by atoms with Crippen LogP contribution in [0.25, 0.3) is 0 Å². The fourth-order valence-electron chi connectivity index (χ4n) is 1.83. The summed E-state index contributed by atoms with van der Waals surface area (Å²) in [5.74, 6) is -0.367. The van der Waals surface area contributed by atoms with E-state index >= 15 is 0 Å². The molecule has 1 aliphatic heterocycles. The number of imide groups is 1. The van der Waals surface area contributed by atoms with E-state index in [1.807, 2.05) is 0 Å². The Kier molecular flexibility index (Phi) is 3.49. The number of carbonyl (C=O) groups is 2. The maximum atomic E-state index is 12.0. The van der Waals surface area contributed by atoms with Crippen LogP contribution in [0.1, 0.15) is 26.3 Å². The predicted octanol–water partition coefficient (Wildman–Crippen LogP) is 3.82. The van der Waals surface area contributed by atoms with Gasteiger partial charge in [0.05, 0.1) is 22.2 Å². The highest BCUT2D eigenvalue weighted by atomic mass is 35.5. The Morgan fingerprint density at radius 3 is 2.53 bits per heavy atom. The highest BCUT2D eigenvalue weighted by molar-refractivity contribution is 6.43. The van der Waals surface area contributed by atoms with E-state index in [4.69, 9.17) is 27.9 Å². The van der Waals surface area contributed by atoms with Crippen LogP contribution in [0.4, 0.5) is 10.5 Å². The number of nitrogens with zero attached hydrogens (tertiary/aromatic N) is 1. The number of fused-ring (bicyclic) bond motifs is 1. The molecule has 0 fully saturated rings. The smallest absolute Gasteiger partial charge is 0.421 e. The van der Waals surface area contributed by atoms with Gasteiger partial charge in [-0.15, -0.1) is 0 Å². The quantitative estimate of drug-likeness (QED) is 0.732. The zero-order chi connectivity index (χ0) is 14.4. The molecule has 0 unspecified atom stereocenters. The summed E-state index contributed by atoms with van der Waals surface area (Å²) in [6, 6.07) is 3.15. The Bertz CT molecular complexity index is 564. The first-order chi connectivity index (χ1) is 8.70. The van der Waals surface area contributed by atoms with E-state index in [2.05, 4.69) is 0 Å². The summed E-state index contributed by atoms with van der Waals surface area (Å²) in [5.41, 5.74) is 0.328. The molecular formula is C13H13Cl2NO3. The molecule has 0 bridgehead atoms. The zero-order valence-electron chi connectivity index (χ0n) is 10.8. The minimum atomic E-state index is -0.699.